The molecule has 2 heterocycles. The molecule has 0 bridgehead atoms. The molecule has 18 heavy (non-hydrogen) atoms. The normalized spacial score (nSPS) is 11.0. The highest BCUT2D eigenvalue weighted by molar-refractivity contribution is 5.87. The maximum atomic E-state index is 9.00. The van der Waals surface area contributed by atoms with Crippen molar-refractivity contribution in [3.63, 3.8) is 0 Å². The first-order valence-electron chi connectivity index (χ1n) is 6.50. The van der Waals surface area contributed by atoms with Crippen molar-refractivity contribution in [3.8, 4) is 0 Å². The van der Waals surface area contributed by atoms with Crippen LogP contribution in [0.25, 0.3) is 11.0 Å². The fraction of sp³-hybridized carbons (Fsp3) is 0.538. The molecule has 2 aromatic rings. The third-order valence-electron chi connectivity index (χ3n) is 3.00. The van der Waals surface area contributed by atoms with Gasteiger partial charge in [-0.1, -0.05) is 13.3 Å². The van der Waals surface area contributed by atoms with Crippen LogP contribution >= 0.6 is 0 Å². The van der Waals surface area contributed by atoms with Crippen molar-refractivity contribution in [1.29, 1.82) is 0 Å². The first-order valence-corrected chi connectivity index (χ1v) is 6.50. The van der Waals surface area contributed by atoms with Gasteiger partial charge in [0.05, 0.1) is 5.39 Å². The van der Waals surface area contributed by atoms with E-state index in [-0.39, 0.29) is 6.61 Å². The summed E-state index contributed by atoms with van der Waals surface area (Å²) >= 11 is 0. The molecule has 0 aliphatic heterocycles. The average Bonchev–Trinajstić information content (AvgIpc) is 2.87. The number of aliphatic hydroxyl groups is 1. The Bertz CT molecular complexity index is 475. The lowest BCUT2D eigenvalue weighted by atomic mass is 10.2. The summed E-state index contributed by atoms with van der Waals surface area (Å²) in [5.74, 6) is 0.961. The van der Waals surface area contributed by atoms with Crippen LogP contribution in [-0.2, 0) is 0 Å². The lowest BCUT2D eigenvalue weighted by Gasteiger charge is -2.23. The molecule has 2 rings (SSSR count). The second-order valence-electron chi connectivity index (χ2n) is 4.35. The molecular weight excluding hydrogens is 228 g/mol. The van der Waals surface area contributed by atoms with E-state index in [1.165, 1.54) is 0 Å². The molecule has 2 aromatic heterocycles. The van der Waals surface area contributed by atoms with Crippen molar-refractivity contribution in [2.75, 3.05) is 24.6 Å². The number of unbranched alkanes of at least 4 members (excludes halogenated alkanes) is 1. The van der Waals surface area contributed by atoms with Gasteiger partial charge in [0.15, 0.2) is 0 Å². The minimum absolute atomic E-state index is 0.212. The molecule has 98 valence electrons. The van der Waals surface area contributed by atoms with Gasteiger partial charge in [-0.25, -0.2) is 9.97 Å². The van der Waals surface area contributed by atoms with Crippen molar-refractivity contribution >= 4 is 16.9 Å². The molecule has 0 saturated heterocycles. The highest BCUT2D eigenvalue weighted by Gasteiger charge is 2.12. The van der Waals surface area contributed by atoms with Crippen LogP contribution < -0.4 is 4.90 Å². The molecule has 5 nitrogen and oxygen atoms in total. The number of fused-ring (bicyclic) bond motifs is 1. The molecule has 0 aliphatic carbocycles. The maximum Gasteiger partial charge on any atom is 0.142 e. The number of rotatable bonds is 7. The fourth-order valence-electron chi connectivity index (χ4n) is 2.04. The summed E-state index contributed by atoms with van der Waals surface area (Å²) < 4.78 is 0. The van der Waals surface area contributed by atoms with Crippen LogP contribution in [0.15, 0.2) is 18.6 Å². The largest absolute Gasteiger partial charge is 0.396 e. The molecule has 0 atom stereocenters. The molecule has 0 aromatic carbocycles. The van der Waals surface area contributed by atoms with Gasteiger partial charge < -0.3 is 15.0 Å². The third-order valence-corrected chi connectivity index (χ3v) is 3.00. The number of nitrogens with zero attached hydrogens (tertiary/aromatic N) is 3. The number of H-pyrrole nitrogens is 1. The number of aromatic amines is 1. The van der Waals surface area contributed by atoms with Crippen molar-refractivity contribution < 1.29 is 5.11 Å². The molecule has 0 spiro atoms. The van der Waals surface area contributed by atoms with Crippen molar-refractivity contribution in [1.82, 2.24) is 15.0 Å². The fourth-order valence-corrected chi connectivity index (χ4v) is 2.04. The Hall–Kier alpha value is -1.62. The lowest BCUT2D eigenvalue weighted by Crippen LogP contribution is -2.27. The first-order chi connectivity index (χ1) is 8.86. The van der Waals surface area contributed by atoms with Crippen molar-refractivity contribution in [2.45, 2.75) is 26.2 Å². The van der Waals surface area contributed by atoms with Gasteiger partial charge in [-0.2, -0.15) is 0 Å². The second-order valence-corrected chi connectivity index (χ2v) is 4.35. The quantitative estimate of drug-likeness (QED) is 0.786. The molecule has 0 aliphatic rings. The standard InChI is InChI=1S/C13H20N4O/c1-2-3-7-17(8-4-9-18)13-11-5-6-14-12(11)15-10-16-13/h5-6,10,18H,2-4,7-9H2,1H3,(H,14,15,16). The second kappa shape index (κ2) is 6.35. The van der Waals surface area contributed by atoms with E-state index in [4.69, 9.17) is 5.11 Å². The summed E-state index contributed by atoms with van der Waals surface area (Å²) in [6.45, 7) is 4.18. The monoisotopic (exact) mass is 248 g/mol. The summed E-state index contributed by atoms with van der Waals surface area (Å²) in [5.41, 5.74) is 0.866. The van der Waals surface area contributed by atoms with Gasteiger partial charge in [0.1, 0.15) is 17.8 Å². The minimum Gasteiger partial charge on any atom is -0.396 e. The Morgan fingerprint density at radius 2 is 2.11 bits per heavy atom. The zero-order chi connectivity index (χ0) is 12.8. The zero-order valence-corrected chi connectivity index (χ0v) is 10.8. The van der Waals surface area contributed by atoms with E-state index in [1.54, 1.807) is 6.33 Å². The predicted molar refractivity (Wildman–Crippen MR) is 72.7 cm³/mol. The number of hydrogen-bond acceptors (Lipinski definition) is 4. The van der Waals surface area contributed by atoms with Gasteiger partial charge in [0.2, 0.25) is 0 Å². The topological polar surface area (TPSA) is 65.0 Å². The van der Waals surface area contributed by atoms with Crippen molar-refractivity contribution in [3.05, 3.63) is 18.6 Å². The molecular formula is C13H20N4O. The summed E-state index contributed by atoms with van der Waals surface area (Å²) in [5, 5.41) is 10.0. The molecule has 2 N–H and O–H groups in total. The van der Waals surface area contributed by atoms with Gasteiger partial charge >= 0.3 is 0 Å². The van der Waals surface area contributed by atoms with Crippen LogP contribution in [0.4, 0.5) is 5.82 Å². The summed E-state index contributed by atoms with van der Waals surface area (Å²) in [6.07, 6.45) is 6.51. The van der Waals surface area contributed by atoms with Crippen LogP contribution in [0.5, 0.6) is 0 Å². The van der Waals surface area contributed by atoms with Gasteiger partial charge in [-0.05, 0) is 18.9 Å². The van der Waals surface area contributed by atoms with Gasteiger partial charge in [-0.3, -0.25) is 0 Å². The van der Waals surface area contributed by atoms with Crippen LogP contribution in [0, 0.1) is 0 Å². The molecule has 0 amide bonds. The van der Waals surface area contributed by atoms with Crippen LogP contribution in [0.2, 0.25) is 0 Å². The van der Waals surface area contributed by atoms with Gasteiger partial charge in [0, 0.05) is 25.9 Å². The van der Waals surface area contributed by atoms with Crippen LogP contribution in [0.1, 0.15) is 26.2 Å². The number of nitrogens with one attached hydrogen (secondary N) is 1. The molecule has 0 saturated carbocycles. The maximum absolute atomic E-state index is 9.00. The minimum atomic E-state index is 0.212. The number of aromatic nitrogens is 3. The van der Waals surface area contributed by atoms with Gasteiger partial charge in [-0.15, -0.1) is 0 Å². The molecule has 0 fully saturated rings. The van der Waals surface area contributed by atoms with E-state index in [1.807, 2.05) is 12.3 Å². The number of aliphatic hydroxyl groups excluding tert-OH is 1. The lowest BCUT2D eigenvalue weighted by molar-refractivity contribution is 0.289. The Balaban J connectivity index is 2.24. The zero-order valence-electron chi connectivity index (χ0n) is 10.8. The molecule has 0 radical (unpaired) electrons. The summed E-state index contributed by atoms with van der Waals surface area (Å²) in [4.78, 5) is 13.9. The summed E-state index contributed by atoms with van der Waals surface area (Å²) in [7, 11) is 0. The number of anilines is 1. The van der Waals surface area contributed by atoms with Crippen LogP contribution in [0.3, 0.4) is 0 Å². The summed E-state index contributed by atoms with van der Waals surface area (Å²) in [6, 6.07) is 2.00. The number of hydrogen-bond donors (Lipinski definition) is 2. The van der Waals surface area contributed by atoms with E-state index in [9.17, 15) is 0 Å². The van der Waals surface area contributed by atoms with Crippen LogP contribution in [-0.4, -0.2) is 39.8 Å². The van der Waals surface area contributed by atoms with Gasteiger partial charge in [0.25, 0.3) is 0 Å². The van der Waals surface area contributed by atoms with E-state index in [0.717, 1.165) is 49.2 Å². The Labute approximate surface area is 107 Å². The SMILES string of the molecule is CCCCN(CCCO)c1ncnc2[nH]ccc12. The highest BCUT2D eigenvalue weighted by atomic mass is 16.3. The van der Waals surface area contributed by atoms with E-state index in [2.05, 4.69) is 26.8 Å². The molecule has 0 unspecified atom stereocenters. The average molecular weight is 248 g/mol. The Kier molecular flexibility index (Phi) is 4.52. The highest BCUT2D eigenvalue weighted by Crippen LogP contribution is 2.22. The third kappa shape index (κ3) is 2.79. The molecule has 5 heteroatoms. The van der Waals surface area contributed by atoms with Crippen molar-refractivity contribution in [2.24, 2.45) is 0 Å². The van der Waals surface area contributed by atoms with E-state index in [0.29, 0.717) is 0 Å². The first kappa shape index (κ1) is 12.8. The Morgan fingerprint density at radius 1 is 1.28 bits per heavy atom. The Morgan fingerprint density at radius 3 is 2.89 bits per heavy atom. The predicted octanol–water partition coefficient (Wildman–Crippen LogP) is 1.95. The van der Waals surface area contributed by atoms with E-state index >= 15 is 0 Å². The van der Waals surface area contributed by atoms with E-state index < -0.39 is 0 Å². The smallest absolute Gasteiger partial charge is 0.142 e.